The van der Waals surface area contributed by atoms with Gasteiger partial charge in [0.25, 0.3) is 0 Å². The molecule has 6 heteroatoms. The van der Waals surface area contributed by atoms with E-state index in [0.29, 0.717) is 6.10 Å². The number of nitrogens with zero attached hydrogens (tertiary/aromatic N) is 3. The molecule has 0 radical (unpaired) electrons. The lowest BCUT2D eigenvalue weighted by molar-refractivity contribution is 0.0818. The molecule has 2 rings (SSSR count). The third-order valence-electron chi connectivity index (χ3n) is 2.99. The molecule has 0 bridgehead atoms. The minimum atomic E-state index is 0.407. The van der Waals surface area contributed by atoms with Gasteiger partial charge in [-0.2, -0.15) is 0 Å². The first-order valence-electron chi connectivity index (χ1n) is 7.45. The van der Waals surface area contributed by atoms with E-state index < -0.39 is 0 Å². The summed E-state index contributed by atoms with van der Waals surface area (Å²) >= 11 is 3.28. The Balaban J connectivity index is 0.000000579. The van der Waals surface area contributed by atoms with Gasteiger partial charge in [-0.3, -0.25) is 0 Å². The van der Waals surface area contributed by atoms with Crippen molar-refractivity contribution in [3.05, 3.63) is 17.0 Å². The van der Waals surface area contributed by atoms with Gasteiger partial charge in [0.2, 0.25) is 0 Å². The summed E-state index contributed by atoms with van der Waals surface area (Å²) < 4.78 is 10.6. The first-order valence-corrected chi connectivity index (χ1v) is 8.24. The molecule has 2 heterocycles. The van der Waals surface area contributed by atoms with Gasteiger partial charge in [-0.1, -0.05) is 13.8 Å². The molecule has 1 fully saturated rings. The quantitative estimate of drug-likeness (QED) is 0.823. The summed E-state index contributed by atoms with van der Waals surface area (Å²) in [5.74, 6) is 0.952. The van der Waals surface area contributed by atoms with E-state index in [1.54, 1.807) is 26.6 Å². The number of aromatic nitrogens is 2. The highest BCUT2D eigenvalue weighted by atomic mass is 79.9. The summed E-state index contributed by atoms with van der Waals surface area (Å²) in [7, 11) is 3.46. The van der Waals surface area contributed by atoms with Crippen LogP contribution in [0, 0.1) is 0 Å². The van der Waals surface area contributed by atoms with Crippen LogP contribution in [0.5, 0.6) is 0 Å². The molecule has 1 aliphatic rings. The molecule has 1 saturated heterocycles. The predicted molar refractivity (Wildman–Crippen MR) is 90.9 cm³/mol. The molecule has 0 spiro atoms. The summed E-state index contributed by atoms with van der Waals surface area (Å²) in [6.45, 7) is 8.77. The molecule has 1 aromatic rings. The standard InChI is InChI=1S/C10H14BrN3O.C3H8O.C2H6/c1-15-8-2-4-14(5-3-8)10-7-12-9(11)6-13-10;1-3-4-2;1-2/h6-8H,2-5H2,1H3;3H2,1-2H3;1-2H3. The van der Waals surface area contributed by atoms with Crippen molar-refractivity contribution in [1.29, 1.82) is 0 Å². The van der Waals surface area contributed by atoms with Crippen molar-refractivity contribution in [2.45, 2.75) is 39.7 Å². The van der Waals surface area contributed by atoms with Gasteiger partial charge in [0.15, 0.2) is 0 Å². The maximum atomic E-state index is 5.32. The lowest BCUT2D eigenvalue weighted by Crippen LogP contribution is -2.37. The van der Waals surface area contributed by atoms with E-state index >= 15 is 0 Å². The normalized spacial score (nSPS) is 14.7. The Bertz CT molecular complexity index is 339. The molecule has 5 nitrogen and oxygen atoms in total. The van der Waals surface area contributed by atoms with Crippen LogP contribution in [0.3, 0.4) is 0 Å². The Kier molecular flexibility index (Phi) is 12.5. The van der Waals surface area contributed by atoms with E-state index in [4.69, 9.17) is 4.74 Å². The molecule has 0 atom stereocenters. The largest absolute Gasteiger partial charge is 0.385 e. The zero-order chi connectivity index (χ0) is 16.1. The number of piperidine rings is 1. The minimum absolute atomic E-state index is 0.407. The number of halogens is 1. The second-order valence-corrected chi connectivity index (χ2v) is 5.01. The topological polar surface area (TPSA) is 47.5 Å². The lowest BCUT2D eigenvalue weighted by Gasteiger charge is -2.31. The molecule has 0 N–H and O–H groups in total. The second kappa shape index (κ2) is 13.0. The summed E-state index contributed by atoms with van der Waals surface area (Å²) in [6, 6.07) is 0. The highest BCUT2D eigenvalue weighted by Gasteiger charge is 2.19. The molecule has 122 valence electrons. The molecule has 0 saturated carbocycles. The third kappa shape index (κ3) is 8.34. The Hall–Kier alpha value is -0.720. The van der Waals surface area contributed by atoms with Crippen molar-refractivity contribution < 1.29 is 9.47 Å². The van der Waals surface area contributed by atoms with Crippen LogP contribution >= 0.6 is 15.9 Å². The molecule has 21 heavy (non-hydrogen) atoms. The average molecular weight is 362 g/mol. The van der Waals surface area contributed by atoms with Crippen LogP contribution in [0.1, 0.15) is 33.6 Å². The minimum Gasteiger partial charge on any atom is -0.385 e. The van der Waals surface area contributed by atoms with Crippen molar-refractivity contribution in [3.63, 3.8) is 0 Å². The van der Waals surface area contributed by atoms with Crippen molar-refractivity contribution in [2.24, 2.45) is 0 Å². The highest BCUT2D eigenvalue weighted by molar-refractivity contribution is 9.10. The van der Waals surface area contributed by atoms with E-state index in [0.717, 1.165) is 43.0 Å². The fourth-order valence-electron chi connectivity index (χ4n) is 1.79. The molecule has 0 aliphatic carbocycles. The fourth-order valence-corrected chi connectivity index (χ4v) is 1.99. The maximum absolute atomic E-state index is 5.32. The average Bonchev–Trinajstić information content (AvgIpc) is 2.58. The third-order valence-corrected chi connectivity index (χ3v) is 3.40. The van der Waals surface area contributed by atoms with Gasteiger partial charge in [-0.25, -0.2) is 9.97 Å². The molecule has 1 aromatic heterocycles. The Labute approximate surface area is 137 Å². The molecule has 0 unspecified atom stereocenters. The summed E-state index contributed by atoms with van der Waals surface area (Å²) in [4.78, 5) is 10.7. The van der Waals surface area contributed by atoms with Crippen LogP contribution in [0.15, 0.2) is 17.0 Å². The Morgan fingerprint density at radius 2 is 1.76 bits per heavy atom. The first-order chi connectivity index (χ1) is 10.2. The monoisotopic (exact) mass is 361 g/mol. The number of hydrogen-bond donors (Lipinski definition) is 0. The van der Waals surface area contributed by atoms with Gasteiger partial charge in [-0.05, 0) is 35.7 Å². The summed E-state index contributed by atoms with van der Waals surface area (Å²) in [6.07, 6.45) is 6.07. The Morgan fingerprint density at radius 3 is 2.14 bits per heavy atom. The van der Waals surface area contributed by atoms with Gasteiger partial charge in [-0.15, -0.1) is 0 Å². The van der Waals surface area contributed by atoms with Crippen LogP contribution in [-0.4, -0.2) is 50.0 Å². The SMILES string of the molecule is CC.CCOC.COC1CCN(c2cnc(Br)cn2)CC1. The number of anilines is 1. The van der Waals surface area contributed by atoms with Gasteiger partial charge in [0, 0.05) is 33.9 Å². The highest BCUT2D eigenvalue weighted by Crippen LogP contribution is 2.19. The predicted octanol–water partition coefficient (Wildman–Crippen LogP) is 3.53. The van der Waals surface area contributed by atoms with Crippen LogP contribution in [0.4, 0.5) is 5.82 Å². The van der Waals surface area contributed by atoms with Crippen molar-refractivity contribution in [1.82, 2.24) is 9.97 Å². The number of rotatable bonds is 3. The van der Waals surface area contributed by atoms with E-state index in [-0.39, 0.29) is 0 Å². The second-order valence-electron chi connectivity index (χ2n) is 4.20. The molecule has 0 amide bonds. The van der Waals surface area contributed by atoms with Crippen LogP contribution in [-0.2, 0) is 9.47 Å². The zero-order valence-electron chi connectivity index (χ0n) is 13.8. The van der Waals surface area contributed by atoms with Crippen LogP contribution < -0.4 is 4.90 Å². The van der Waals surface area contributed by atoms with E-state index in [2.05, 4.69) is 35.5 Å². The smallest absolute Gasteiger partial charge is 0.147 e. The van der Waals surface area contributed by atoms with Crippen LogP contribution in [0.2, 0.25) is 0 Å². The molecule has 1 aliphatic heterocycles. The number of ether oxygens (including phenoxy) is 2. The zero-order valence-corrected chi connectivity index (χ0v) is 15.4. The van der Waals surface area contributed by atoms with Crippen molar-refractivity contribution >= 4 is 21.7 Å². The lowest BCUT2D eigenvalue weighted by atomic mass is 10.1. The van der Waals surface area contributed by atoms with Crippen molar-refractivity contribution in [3.8, 4) is 0 Å². The van der Waals surface area contributed by atoms with E-state index in [9.17, 15) is 0 Å². The van der Waals surface area contributed by atoms with Gasteiger partial charge < -0.3 is 14.4 Å². The summed E-state index contributed by atoms with van der Waals surface area (Å²) in [5, 5.41) is 0. The maximum Gasteiger partial charge on any atom is 0.147 e. The first kappa shape index (κ1) is 20.3. The summed E-state index contributed by atoms with van der Waals surface area (Å²) in [5.41, 5.74) is 0. The fraction of sp³-hybridized carbons (Fsp3) is 0.733. The van der Waals surface area contributed by atoms with E-state index in [1.807, 2.05) is 20.8 Å². The van der Waals surface area contributed by atoms with Crippen LogP contribution in [0.25, 0.3) is 0 Å². The van der Waals surface area contributed by atoms with Crippen molar-refractivity contribution in [2.75, 3.05) is 38.8 Å². The molecular weight excluding hydrogens is 334 g/mol. The van der Waals surface area contributed by atoms with Gasteiger partial charge in [0.1, 0.15) is 10.4 Å². The molecule has 0 aromatic carbocycles. The number of methoxy groups -OCH3 is 2. The van der Waals surface area contributed by atoms with Gasteiger partial charge >= 0.3 is 0 Å². The Morgan fingerprint density at radius 1 is 1.19 bits per heavy atom. The van der Waals surface area contributed by atoms with Gasteiger partial charge in [0.05, 0.1) is 18.5 Å². The molecular formula is C15H28BrN3O2. The number of hydrogen-bond acceptors (Lipinski definition) is 5. The van der Waals surface area contributed by atoms with E-state index in [1.165, 1.54) is 0 Å².